The average molecular weight is 311 g/mol. The number of nitrogens with zero attached hydrogens (tertiary/aromatic N) is 1. The Morgan fingerprint density at radius 3 is 2.75 bits per heavy atom. The minimum Gasteiger partial charge on any atom is -0.271 e. The first-order valence-electron chi connectivity index (χ1n) is 6.36. The van der Waals surface area contributed by atoms with Crippen LogP contribution in [-0.2, 0) is 6.42 Å². The molecule has 0 aliphatic rings. The van der Waals surface area contributed by atoms with Gasteiger partial charge in [-0.25, -0.2) is 9.37 Å². The third-order valence-corrected chi connectivity index (χ3v) is 5.31. The van der Waals surface area contributed by atoms with E-state index in [1.807, 2.05) is 13.0 Å². The van der Waals surface area contributed by atoms with Gasteiger partial charge in [0.25, 0.3) is 0 Å². The van der Waals surface area contributed by atoms with Crippen molar-refractivity contribution in [2.24, 2.45) is 5.84 Å². The lowest BCUT2D eigenvalue weighted by molar-refractivity contribution is 0.571. The molecule has 1 unspecified atom stereocenters. The van der Waals surface area contributed by atoms with E-state index in [0.717, 1.165) is 17.1 Å². The first kappa shape index (κ1) is 15.4. The van der Waals surface area contributed by atoms with Crippen molar-refractivity contribution in [2.45, 2.75) is 31.2 Å². The molecule has 0 amide bonds. The van der Waals surface area contributed by atoms with E-state index < -0.39 is 0 Å². The van der Waals surface area contributed by atoms with Crippen LogP contribution in [0.25, 0.3) is 0 Å². The van der Waals surface area contributed by atoms with E-state index in [-0.39, 0.29) is 11.9 Å². The van der Waals surface area contributed by atoms with Crippen molar-refractivity contribution in [3.05, 3.63) is 45.7 Å². The van der Waals surface area contributed by atoms with Crippen molar-refractivity contribution in [2.75, 3.05) is 5.75 Å². The minimum absolute atomic E-state index is 0.0737. The van der Waals surface area contributed by atoms with E-state index in [4.69, 9.17) is 5.84 Å². The molecule has 1 aromatic carbocycles. The van der Waals surface area contributed by atoms with Crippen molar-refractivity contribution in [1.82, 2.24) is 10.4 Å². The zero-order chi connectivity index (χ0) is 14.5. The molecule has 0 spiro atoms. The number of nitrogens with one attached hydrogen (secondary N) is 1. The number of thiazole rings is 1. The predicted molar refractivity (Wildman–Crippen MR) is 83.5 cm³/mol. The summed E-state index contributed by atoms with van der Waals surface area (Å²) in [5.74, 6) is 6.11. The first-order chi connectivity index (χ1) is 9.60. The van der Waals surface area contributed by atoms with Crippen LogP contribution in [0.2, 0.25) is 0 Å². The normalized spacial score (nSPS) is 12.6. The molecular weight excluding hydrogens is 293 g/mol. The molecule has 0 aliphatic carbocycles. The van der Waals surface area contributed by atoms with Crippen LogP contribution < -0.4 is 11.3 Å². The summed E-state index contributed by atoms with van der Waals surface area (Å²) in [7, 11) is 0. The minimum atomic E-state index is -0.186. The number of aryl methyl sites for hydroxylation is 2. The van der Waals surface area contributed by atoms with Crippen molar-refractivity contribution >= 4 is 23.1 Å². The van der Waals surface area contributed by atoms with Gasteiger partial charge in [0.05, 0.1) is 10.7 Å². The lowest BCUT2D eigenvalue weighted by Crippen LogP contribution is -2.38. The summed E-state index contributed by atoms with van der Waals surface area (Å²) in [4.78, 5) is 6.40. The molecule has 3 N–H and O–H groups in total. The molecule has 0 fully saturated rings. The quantitative estimate of drug-likeness (QED) is 0.489. The van der Waals surface area contributed by atoms with E-state index in [1.54, 1.807) is 23.5 Å². The van der Waals surface area contributed by atoms with Crippen molar-refractivity contribution < 1.29 is 4.39 Å². The van der Waals surface area contributed by atoms with Crippen LogP contribution in [0.1, 0.15) is 15.6 Å². The fourth-order valence-electron chi connectivity index (χ4n) is 1.76. The molecule has 2 aromatic rings. The Bertz CT molecular complexity index is 552. The molecule has 0 aliphatic heterocycles. The molecule has 0 saturated heterocycles. The predicted octanol–water partition coefficient (Wildman–Crippen LogP) is 3.07. The number of nitrogens with two attached hydrogens (primary N) is 1. The Hall–Kier alpha value is -0.950. The Morgan fingerprint density at radius 1 is 1.40 bits per heavy atom. The van der Waals surface area contributed by atoms with Crippen molar-refractivity contribution in [3.8, 4) is 0 Å². The second-order valence-corrected chi connectivity index (χ2v) is 6.91. The molecule has 1 atom stereocenters. The van der Waals surface area contributed by atoms with E-state index in [1.165, 1.54) is 22.7 Å². The SMILES string of the molecule is Cc1nc(CC(CSc2ccccc2F)NN)sc1C. The molecular formula is C14H18FN3S2. The third kappa shape index (κ3) is 4.02. The van der Waals surface area contributed by atoms with Gasteiger partial charge < -0.3 is 0 Å². The van der Waals surface area contributed by atoms with E-state index in [0.29, 0.717) is 10.6 Å². The highest BCUT2D eigenvalue weighted by atomic mass is 32.2. The van der Waals surface area contributed by atoms with Gasteiger partial charge in [-0.05, 0) is 26.0 Å². The molecule has 0 saturated carbocycles. The number of benzene rings is 1. The van der Waals surface area contributed by atoms with Crippen LogP contribution in [0.3, 0.4) is 0 Å². The highest BCUT2D eigenvalue weighted by Gasteiger charge is 2.13. The summed E-state index contributed by atoms with van der Waals surface area (Å²) in [5, 5.41) is 1.07. The zero-order valence-electron chi connectivity index (χ0n) is 11.5. The van der Waals surface area contributed by atoms with Crippen LogP contribution >= 0.6 is 23.1 Å². The van der Waals surface area contributed by atoms with Gasteiger partial charge in [0, 0.05) is 28.0 Å². The third-order valence-electron chi connectivity index (χ3n) is 3.01. The fraction of sp³-hybridized carbons (Fsp3) is 0.357. The maximum atomic E-state index is 13.5. The standard InChI is InChI=1S/C14H18FN3S2/c1-9-10(2)20-14(17-9)7-11(18-16)8-19-13-6-4-3-5-12(13)15/h3-6,11,18H,7-8,16H2,1-2H3. The summed E-state index contributed by atoms with van der Waals surface area (Å²) in [6, 6.07) is 6.86. The van der Waals surface area contributed by atoms with Gasteiger partial charge in [0.2, 0.25) is 0 Å². The molecule has 0 bridgehead atoms. The van der Waals surface area contributed by atoms with Gasteiger partial charge in [-0.2, -0.15) is 0 Å². The number of halogens is 1. The Labute approximate surface area is 126 Å². The Kier molecular flexibility index (Phi) is 5.54. The lowest BCUT2D eigenvalue weighted by atomic mass is 10.2. The average Bonchev–Trinajstić information content (AvgIpc) is 2.75. The van der Waals surface area contributed by atoms with Crippen molar-refractivity contribution in [1.29, 1.82) is 0 Å². The summed E-state index contributed by atoms with van der Waals surface area (Å²) in [6.45, 7) is 4.07. The van der Waals surface area contributed by atoms with Gasteiger partial charge in [-0.1, -0.05) is 12.1 Å². The van der Waals surface area contributed by atoms with Gasteiger partial charge in [0.15, 0.2) is 0 Å². The zero-order valence-corrected chi connectivity index (χ0v) is 13.2. The Balaban J connectivity index is 1.94. The molecule has 6 heteroatoms. The highest BCUT2D eigenvalue weighted by molar-refractivity contribution is 7.99. The largest absolute Gasteiger partial charge is 0.271 e. The number of aromatic nitrogens is 1. The maximum absolute atomic E-state index is 13.5. The highest BCUT2D eigenvalue weighted by Crippen LogP contribution is 2.24. The smallest absolute Gasteiger partial charge is 0.136 e. The molecule has 1 heterocycles. The maximum Gasteiger partial charge on any atom is 0.136 e. The van der Waals surface area contributed by atoms with Crippen LogP contribution in [0.4, 0.5) is 4.39 Å². The number of rotatable bonds is 6. The topological polar surface area (TPSA) is 50.9 Å². The second kappa shape index (κ2) is 7.17. The lowest BCUT2D eigenvalue weighted by Gasteiger charge is -2.14. The van der Waals surface area contributed by atoms with Crippen LogP contribution in [-0.4, -0.2) is 16.8 Å². The van der Waals surface area contributed by atoms with Gasteiger partial charge >= 0.3 is 0 Å². The van der Waals surface area contributed by atoms with Crippen LogP contribution in [0.15, 0.2) is 29.2 Å². The molecule has 3 nitrogen and oxygen atoms in total. The van der Waals surface area contributed by atoms with Gasteiger partial charge in [0.1, 0.15) is 5.82 Å². The summed E-state index contributed by atoms with van der Waals surface area (Å²) < 4.78 is 13.5. The van der Waals surface area contributed by atoms with Gasteiger partial charge in [-0.3, -0.25) is 11.3 Å². The summed E-state index contributed by atoms with van der Waals surface area (Å²) in [6.07, 6.45) is 0.761. The molecule has 20 heavy (non-hydrogen) atoms. The van der Waals surface area contributed by atoms with Crippen LogP contribution in [0, 0.1) is 19.7 Å². The van der Waals surface area contributed by atoms with E-state index >= 15 is 0 Å². The second-order valence-electron chi connectivity index (χ2n) is 4.56. The van der Waals surface area contributed by atoms with Crippen molar-refractivity contribution in [3.63, 3.8) is 0 Å². The molecule has 2 rings (SSSR count). The monoisotopic (exact) mass is 311 g/mol. The fourth-order valence-corrected chi connectivity index (χ4v) is 3.74. The number of thioether (sulfide) groups is 1. The number of hydrogen-bond donors (Lipinski definition) is 2. The van der Waals surface area contributed by atoms with Crippen LogP contribution in [0.5, 0.6) is 0 Å². The number of hydrazine groups is 1. The van der Waals surface area contributed by atoms with Gasteiger partial charge in [-0.15, -0.1) is 23.1 Å². The number of hydrogen-bond acceptors (Lipinski definition) is 5. The summed E-state index contributed by atoms with van der Waals surface area (Å²) in [5.41, 5.74) is 3.86. The molecule has 108 valence electrons. The summed E-state index contributed by atoms with van der Waals surface area (Å²) >= 11 is 3.16. The first-order valence-corrected chi connectivity index (χ1v) is 8.16. The molecule has 0 radical (unpaired) electrons. The molecule has 1 aromatic heterocycles. The van der Waals surface area contributed by atoms with E-state index in [9.17, 15) is 4.39 Å². The Morgan fingerprint density at radius 2 is 2.15 bits per heavy atom. The van der Waals surface area contributed by atoms with E-state index in [2.05, 4.69) is 17.3 Å².